The summed E-state index contributed by atoms with van der Waals surface area (Å²) in [6.07, 6.45) is 1.87. The van der Waals surface area contributed by atoms with Crippen molar-refractivity contribution in [3.05, 3.63) is 35.4 Å². The van der Waals surface area contributed by atoms with Crippen LogP contribution < -0.4 is 4.72 Å². The Bertz CT molecular complexity index is 489. The van der Waals surface area contributed by atoms with Crippen LogP contribution in [0.2, 0.25) is 0 Å². The minimum Gasteiger partial charge on any atom is -0.392 e. The molecule has 0 bridgehead atoms. The Morgan fingerprint density at radius 2 is 1.78 bits per heavy atom. The molecule has 18 heavy (non-hydrogen) atoms. The highest BCUT2D eigenvalue weighted by molar-refractivity contribution is 7.88. The van der Waals surface area contributed by atoms with Gasteiger partial charge in [-0.25, -0.2) is 13.1 Å². The van der Waals surface area contributed by atoms with Gasteiger partial charge in [-0.1, -0.05) is 31.2 Å². The molecule has 4 nitrogen and oxygen atoms in total. The lowest BCUT2D eigenvalue weighted by Crippen LogP contribution is -2.43. The number of sulfonamides is 1. The van der Waals surface area contributed by atoms with Crippen molar-refractivity contribution in [2.45, 2.75) is 38.2 Å². The molecule has 2 N–H and O–H groups in total. The molecule has 1 aliphatic carbocycles. The van der Waals surface area contributed by atoms with Crippen LogP contribution >= 0.6 is 0 Å². The fourth-order valence-corrected chi connectivity index (χ4v) is 3.67. The lowest BCUT2D eigenvalue weighted by molar-refractivity contribution is 0.270. The Balaban J connectivity index is 1.94. The zero-order valence-corrected chi connectivity index (χ0v) is 11.3. The number of aliphatic hydroxyl groups excluding tert-OH is 1. The molecule has 0 atom stereocenters. The molecule has 0 spiro atoms. The summed E-state index contributed by atoms with van der Waals surface area (Å²) in [7, 11) is -3.25. The van der Waals surface area contributed by atoms with E-state index in [9.17, 15) is 8.42 Å². The Morgan fingerprint density at radius 1 is 1.22 bits per heavy atom. The molecule has 1 saturated carbocycles. The van der Waals surface area contributed by atoms with Crippen LogP contribution in [0.5, 0.6) is 0 Å². The van der Waals surface area contributed by atoms with Gasteiger partial charge in [0, 0.05) is 6.04 Å². The molecular weight excluding hydrogens is 250 g/mol. The second kappa shape index (κ2) is 5.38. The third-order valence-corrected chi connectivity index (χ3v) is 4.69. The number of hydrogen-bond donors (Lipinski definition) is 2. The van der Waals surface area contributed by atoms with Gasteiger partial charge in [-0.05, 0) is 29.9 Å². The first-order valence-electron chi connectivity index (χ1n) is 6.17. The largest absolute Gasteiger partial charge is 0.392 e. The third-order valence-electron chi connectivity index (χ3n) is 3.28. The maximum absolute atomic E-state index is 11.9. The van der Waals surface area contributed by atoms with Crippen molar-refractivity contribution in [2.24, 2.45) is 5.92 Å². The lowest BCUT2D eigenvalue weighted by Gasteiger charge is -2.32. The summed E-state index contributed by atoms with van der Waals surface area (Å²) in [4.78, 5) is 0. The predicted molar refractivity (Wildman–Crippen MR) is 70.3 cm³/mol. The van der Waals surface area contributed by atoms with Crippen molar-refractivity contribution < 1.29 is 13.5 Å². The van der Waals surface area contributed by atoms with Gasteiger partial charge >= 0.3 is 0 Å². The molecule has 0 heterocycles. The predicted octanol–water partition coefficient (Wildman–Crippen LogP) is 1.40. The SMILES string of the molecule is CC1CC(NS(=O)(=O)Cc2ccc(CO)cc2)C1. The van der Waals surface area contributed by atoms with Gasteiger partial charge in [-0.15, -0.1) is 0 Å². The number of benzene rings is 1. The first kappa shape index (κ1) is 13.5. The number of rotatable bonds is 5. The maximum atomic E-state index is 11.9. The molecule has 0 aromatic heterocycles. The number of aliphatic hydroxyl groups is 1. The molecule has 0 amide bonds. The van der Waals surface area contributed by atoms with Crippen LogP contribution in [0.15, 0.2) is 24.3 Å². The minimum atomic E-state index is -3.25. The summed E-state index contributed by atoms with van der Waals surface area (Å²) in [6, 6.07) is 7.09. The lowest BCUT2D eigenvalue weighted by atomic mass is 9.83. The van der Waals surface area contributed by atoms with Crippen LogP contribution in [0.1, 0.15) is 30.9 Å². The molecule has 1 fully saturated rings. The van der Waals surface area contributed by atoms with Crippen molar-refractivity contribution in [3.63, 3.8) is 0 Å². The van der Waals surface area contributed by atoms with E-state index in [2.05, 4.69) is 11.6 Å². The zero-order valence-electron chi connectivity index (χ0n) is 10.5. The molecule has 0 unspecified atom stereocenters. The molecular formula is C13H19NO3S. The molecule has 1 aromatic carbocycles. The monoisotopic (exact) mass is 269 g/mol. The van der Waals surface area contributed by atoms with Gasteiger partial charge in [0.25, 0.3) is 0 Å². The van der Waals surface area contributed by atoms with Crippen molar-refractivity contribution in [3.8, 4) is 0 Å². The van der Waals surface area contributed by atoms with Gasteiger partial charge in [0.1, 0.15) is 0 Å². The van der Waals surface area contributed by atoms with Crippen molar-refractivity contribution in [1.29, 1.82) is 0 Å². The van der Waals surface area contributed by atoms with E-state index in [1.54, 1.807) is 24.3 Å². The van der Waals surface area contributed by atoms with Gasteiger partial charge < -0.3 is 5.11 Å². The van der Waals surface area contributed by atoms with Crippen molar-refractivity contribution >= 4 is 10.0 Å². The van der Waals surface area contributed by atoms with Crippen LogP contribution in [0.4, 0.5) is 0 Å². The standard InChI is InChI=1S/C13H19NO3S/c1-10-6-13(7-10)14-18(16,17)9-12-4-2-11(8-15)3-5-12/h2-5,10,13-15H,6-9H2,1H3. The summed E-state index contributed by atoms with van der Waals surface area (Å²) < 4.78 is 26.5. The molecule has 5 heteroatoms. The molecule has 0 radical (unpaired) electrons. The van der Waals surface area contributed by atoms with Crippen molar-refractivity contribution in [1.82, 2.24) is 4.72 Å². The summed E-state index contributed by atoms with van der Waals surface area (Å²) in [6.45, 7) is 2.10. The topological polar surface area (TPSA) is 66.4 Å². The highest BCUT2D eigenvalue weighted by Gasteiger charge is 2.28. The maximum Gasteiger partial charge on any atom is 0.216 e. The highest BCUT2D eigenvalue weighted by Crippen LogP contribution is 2.27. The average molecular weight is 269 g/mol. The third kappa shape index (κ3) is 3.54. The van der Waals surface area contributed by atoms with Gasteiger partial charge in [-0.2, -0.15) is 0 Å². The van der Waals surface area contributed by atoms with E-state index in [4.69, 9.17) is 5.11 Å². The fourth-order valence-electron chi connectivity index (χ4n) is 2.25. The Kier molecular flexibility index (Phi) is 4.04. The van der Waals surface area contributed by atoms with Crippen LogP contribution in [-0.2, 0) is 22.4 Å². The quantitative estimate of drug-likeness (QED) is 0.849. The van der Waals surface area contributed by atoms with Crippen molar-refractivity contribution in [2.75, 3.05) is 0 Å². The first-order valence-corrected chi connectivity index (χ1v) is 7.82. The second-order valence-electron chi connectivity index (χ2n) is 5.13. The molecule has 0 saturated heterocycles. The van der Waals surface area contributed by atoms with Gasteiger partial charge in [-0.3, -0.25) is 0 Å². The van der Waals surface area contributed by atoms with E-state index >= 15 is 0 Å². The highest BCUT2D eigenvalue weighted by atomic mass is 32.2. The molecule has 2 rings (SSSR count). The first-order chi connectivity index (χ1) is 8.48. The van der Waals surface area contributed by atoms with E-state index in [1.165, 1.54) is 0 Å². The summed E-state index contributed by atoms with van der Waals surface area (Å²) >= 11 is 0. The zero-order chi connectivity index (χ0) is 13.2. The molecule has 1 aliphatic rings. The number of hydrogen-bond acceptors (Lipinski definition) is 3. The summed E-state index contributed by atoms with van der Waals surface area (Å²) in [5.74, 6) is 0.630. The second-order valence-corrected chi connectivity index (χ2v) is 6.88. The average Bonchev–Trinajstić information content (AvgIpc) is 2.27. The summed E-state index contributed by atoms with van der Waals surface area (Å²) in [5, 5.41) is 8.91. The molecule has 1 aromatic rings. The molecule has 0 aliphatic heterocycles. The normalized spacial score (nSPS) is 23.7. The van der Waals surface area contributed by atoms with E-state index in [1.807, 2.05) is 0 Å². The van der Waals surface area contributed by atoms with Crippen LogP contribution in [-0.4, -0.2) is 19.6 Å². The Morgan fingerprint density at radius 3 is 2.28 bits per heavy atom. The van der Waals surface area contributed by atoms with Crippen LogP contribution in [0.3, 0.4) is 0 Å². The van der Waals surface area contributed by atoms with E-state index in [0.717, 1.165) is 24.0 Å². The van der Waals surface area contributed by atoms with E-state index in [0.29, 0.717) is 5.92 Å². The van der Waals surface area contributed by atoms with Gasteiger partial charge in [0.05, 0.1) is 12.4 Å². The minimum absolute atomic E-state index is 0.00356. The van der Waals surface area contributed by atoms with Gasteiger partial charge in [0.2, 0.25) is 10.0 Å². The Labute approximate surface area is 108 Å². The van der Waals surface area contributed by atoms with Crippen LogP contribution in [0, 0.1) is 5.92 Å². The smallest absolute Gasteiger partial charge is 0.216 e. The number of nitrogens with one attached hydrogen (secondary N) is 1. The molecule has 100 valence electrons. The fraction of sp³-hybridized carbons (Fsp3) is 0.538. The van der Waals surface area contributed by atoms with Gasteiger partial charge in [0.15, 0.2) is 0 Å². The van der Waals surface area contributed by atoms with Crippen LogP contribution in [0.25, 0.3) is 0 Å². The Hall–Kier alpha value is -0.910. The van der Waals surface area contributed by atoms with E-state index < -0.39 is 10.0 Å². The van der Waals surface area contributed by atoms with E-state index in [-0.39, 0.29) is 18.4 Å². The summed E-state index contributed by atoms with van der Waals surface area (Å²) in [5.41, 5.74) is 1.53.